The van der Waals surface area contributed by atoms with Crippen LogP contribution in [0.2, 0.25) is 5.02 Å². The van der Waals surface area contributed by atoms with Crippen molar-refractivity contribution < 1.29 is 26.3 Å². The first-order valence-corrected chi connectivity index (χ1v) is 9.25. The van der Waals surface area contributed by atoms with Gasteiger partial charge in [0.05, 0.1) is 12.6 Å². The summed E-state index contributed by atoms with van der Waals surface area (Å²) in [6.07, 6.45) is -1.08. The number of H-pyrrole nitrogens is 1. The Morgan fingerprint density at radius 2 is 2.11 bits per heavy atom. The summed E-state index contributed by atoms with van der Waals surface area (Å²) in [5.74, 6) is -1.25. The number of alkyl halides is 2. The van der Waals surface area contributed by atoms with E-state index < -0.39 is 28.7 Å². The lowest BCUT2D eigenvalue weighted by atomic mass is 10.2. The molecule has 0 aliphatic heterocycles. The lowest BCUT2D eigenvalue weighted by molar-refractivity contribution is 0.147. The van der Waals surface area contributed by atoms with Gasteiger partial charge in [-0.25, -0.2) is 31.3 Å². The fourth-order valence-electron chi connectivity index (χ4n) is 2.43. The summed E-state index contributed by atoms with van der Waals surface area (Å²) >= 11 is 5.82. The molecule has 0 atom stereocenters. The maximum Gasteiger partial charge on any atom is 0.266 e. The van der Waals surface area contributed by atoms with E-state index in [1.165, 1.54) is 13.2 Å². The average molecular weight is 421 g/mol. The molecular weight excluding hydrogens is 409 g/mol. The van der Waals surface area contributed by atoms with E-state index in [0.717, 1.165) is 18.5 Å². The average Bonchev–Trinajstić information content (AvgIpc) is 3.04. The van der Waals surface area contributed by atoms with Crippen LogP contribution in [0.4, 0.5) is 19.1 Å². The van der Waals surface area contributed by atoms with Crippen LogP contribution in [0.1, 0.15) is 5.56 Å². The standard InChI is InChI=1S/C15H12ClF3N4O3S/c1-26-14-7(4-11(18)19)5-21-15(22-14)23-27(24,25)10-6-20-13-8(10)2-3-9(17)12(13)16/h2-3,5-6,11,20H,4H2,1H3,(H,21,22,23). The minimum atomic E-state index is -4.18. The maximum absolute atomic E-state index is 13.5. The summed E-state index contributed by atoms with van der Waals surface area (Å²) in [4.78, 5) is 9.93. The van der Waals surface area contributed by atoms with Crippen molar-refractivity contribution in [2.75, 3.05) is 11.8 Å². The lowest BCUT2D eigenvalue weighted by Gasteiger charge is -2.10. The van der Waals surface area contributed by atoms with E-state index in [0.29, 0.717) is 0 Å². The molecule has 12 heteroatoms. The van der Waals surface area contributed by atoms with Gasteiger partial charge in [-0.1, -0.05) is 11.6 Å². The topological polar surface area (TPSA) is 97.0 Å². The lowest BCUT2D eigenvalue weighted by Crippen LogP contribution is -2.15. The molecule has 2 N–H and O–H groups in total. The molecule has 3 rings (SSSR count). The van der Waals surface area contributed by atoms with Gasteiger partial charge in [0.25, 0.3) is 10.0 Å². The van der Waals surface area contributed by atoms with Crippen molar-refractivity contribution in [1.29, 1.82) is 0 Å². The van der Waals surface area contributed by atoms with Crippen LogP contribution in [-0.2, 0) is 16.4 Å². The van der Waals surface area contributed by atoms with Crippen LogP contribution in [0.15, 0.2) is 29.4 Å². The summed E-state index contributed by atoms with van der Waals surface area (Å²) in [6, 6.07) is 2.30. The highest BCUT2D eigenvalue weighted by molar-refractivity contribution is 7.93. The molecule has 0 amide bonds. The molecule has 3 aromatic rings. The molecule has 0 bridgehead atoms. The Morgan fingerprint density at radius 1 is 1.37 bits per heavy atom. The zero-order valence-electron chi connectivity index (χ0n) is 13.6. The van der Waals surface area contributed by atoms with Gasteiger partial charge in [0.1, 0.15) is 15.7 Å². The van der Waals surface area contributed by atoms with Crippen molar-refractivity contribution in [3.8, 4) is 5.88 Å². The van der Waals surface area contributed by atoms with Crippen molar-refractivity contribution in [2.45, 2.75) is 17.7 Å². The second-order valence-corrected chi connectivity index (χ2v) is 7.39. The number of nitrogens with one attached hydrogen (secondary N) is 2. The Balaban J connectivity index is 1.97. The molecule has 0 spiro atoms. The minimum absolute atomic E-state index is 0.0322. The van der Waals surface area contributed by atoms with E-state index in [2.05, 4.69) is 19.7 Å². The van der Waals surface area contributed by atoms with Gasteiger partial charge in [-0.15, -0.1) is 0 Å². The molecule has 7 nitrogen and oxygen atoms in total. The normalized spacial score (nSPS) is 11.9. The van der Waals surface area contributed by atoms with Crippen molar-refractivity contribution in [2.24, 2.45) is 0 Å². The van der Waals surface area contributed by atoms with E-state index in [1.807, 2.05) is 0 Å². The van der Waals surface area contributed by atoms with Crippen LogP contribution in [0.3, 0.4) is 0 Å². The third kappa shape index (κ3) is 3.78. The number of sulfonamides is 1. The Hall–Kier alpha value is -2.53. The number of benzene rings is 1. The molecule has 0 unspecified atom stereocenters. The predicted octanol–water partition coefficient (Wildman–Crippen LogP) is 3.37. The number of fused-ring (bicyclic) bond motifs is 1. The Bertz CT molecular complexity index is 1110. The van der Waals surface area contributed by atoms with Gasteiger partial charge in [0, 0.05) is 29.8 Å². The molecule has 0 radical (unpaired) electrons. The highest BCUT2D eigenvalue weighted by Gasteiger charge is 2.23. The first kappa shape index (κ1) is 19.2. The van der Waals surface area contributed by atoms with Crippen LogP contribution in [0.5, 0.6) is 5.88 Å². The molecule has 2 aromatic heterocycles. The second-order valence-electron chi connectivity index (χ2n) is 5.37. The number of anilines is 1. The number of hydrogen-bond acceptors (Lipinski definition) is 5. The van der Waals surface area contributed by atoms with Crippen molar-refractivity contribution in [3.05, 3.63) is 40.9 Å². The quantitative estimate of drug-likeness (QED) is 0.637. The number of halogens is 4. The van der Waals surface area contributed by atoms with Crippen LogP contribution in [0.25, 0.3) is 10.9 Å². The number of rotatable bonds is 6. The summed E-state index contributed by atoms with van der Waals surface area (Å²) in [7, 11) is -2.96. The highest BCUT2D eigenvalue weighted by atomic mass is 35.5. The van der Waals surface area contributed by atoms with E-state index in [1.54, 1.807) is 0 Å². The van der Waals surface area contributed by atoms with Crippen LogP contribution >= 0.6 is 11.6 Å². The van der Waals surface area contributed by atoms with Crippen LogP contribution in [-0.4, -0.2) is 36.9 Å². The molecule has 0 saturated carbocycles. The van der Waals surface area contributed by atoms with Crippen molar-refractivity contribution >= 4 is 38.5 Å². The third-order valence-corrected chi connectivity index (χ3v) is 5.35. The van der Waals surface area contributed by atoms with Crippen LogP contribution in [0, 0.1) is 5.82 Å². The molecule has 0 aliphatic rings. The summed E-state index contributed by atoms with van der Waals surface area (Å²) in [5.41, 5.74) is 0.146. The van der Waals surface area contributed by atoms with E-state index >= 15 is 0 Å². The molecule has 2 heterocycles. The van der Waals surface area contributed by atoms with Gasteiger partial charge >= 0.3 is 0 Å². The van der Waals surface area contributed by atoms with E-state index in [9.17, 15) is 21.6 Å². The number of nitrogens with zero attached hydrogens (tertiary/aromatic N) is 2. The molecule has 0 fully saturated rings. The number of aromatic amines is 1. The summed E-state index contributed by atoms with van der Waals surface area (Å²) in [5, 5.41) is -0.0848. The van der Waals surface area contributed by atoms with Gasteiger partial charge in [-0.3, -0.25) is 0 Å². The molecule has 144 valence electrons. The SMILES string of the molecule is COc1nc(NS(=O)(=O)c2c[nH]c3c(Cl)c(F)ccc23)ncc1CC(F)F. The van der Waals surface area contributed by atoms with Crippen molar-refractivity contribution in [1.82, 2.24) is 15.0 Å². The molecular formula is C15H12ClF3N4O3S. The van der Waals surface area contributed by atoms with E-state index in [-0.39, 0.29) is 38.2 Å². The molecule has 1 aromatic carbocycles. The van der Waals surface area contributed by atoms with E-state index in [4.69, 9.17) is 16.3 Å². The van der Waals surface area contributed by atoms with Gasteiger partial charge in [0.15, 0.2) is 0 Å². The predicted molar refractivity (Wildman–Crippen MR) is 92.4 cm³/mol. The molecule has 27 heavy (non-hydrogen) atoms. The largest absolute Gasteiger partial charge is 0.481 e. The number of aromatic nitrogens is 3. The second kappa shape index (κ2) is 7.24. The zero-order chi connectivity index (χ0) is 19.8. The van der Waals surface area contributed by atoms with Gasteiger partial charge in [-0.2, -0.15) is 4.98 Å². The third-order valence-electron chi connectivity index (χ3n) is 3.62. The minimum Gasteiger partial charge on any atom is -0.481 e. The maximum atomic E-state index is 13.5. The number of ether oxygens (including phenoxy) is 1. The Morgan fingerprint density at radius 3 is 2.78 bits per heavy atom. The van der Waals surface area contributed by atoms with Crippen LogP contribution < -0.4 is 9.46 Å². The highest BCUT2D eigenvalue weighted by Crippen LogP contribution is 2.31. The van der Waals surface area contributed by atoms with Gasteiger partial charge in [0.2, 0.25) is 18.3 Å². The monoisotopic (exact) mass is 420 g/mol. The molecule has 0 saturated heterocycles. The van der Waals surface area contributed by atoms with Crippen molar-refractivity contribution in [3.63, 3.8) is 0 Å². The zero-order valence-corrected chi connectivity index (χ0v) is 15.2. The summed E-state index contributed by atoms with van der Waals surface area (Å²) < 4.78 is 70.9. The first-order valence-electron chi connectivity index (χ1n) is 7.39. The van der Waals surface area contributed by atoms with Gasteiger partial charge < -0.3 is 9.72 Å². The first-order chi connectivity index (χ1) is 12.7. The smallest absolute Gasteiger partial charge is 0.266 e. The number of methoxy groups -OCH3 is 1. The summed E-state index contributed by atoms with van der Waals surface area (Å²) in [6.45, 7) is 0. The number of hydrogen-bond donors (Lipinski definition) is 2. The Labute approximate surface area is 156 Å². The van der Waals surface area contributed by atoms with Gasteiger partial charge in [-0.05, 0) is 12.1 Å². The fraction of sp³-hybridized carbons (Fsp3) is 0.200. The molecule has 0 aliphatic carbocycles. The fourth-order valence-corrected chi connectivity index (χ4v) is 3.78. The Kier molecular flexibility index (Phi) is 5.16.